The number of aromatic nitrogens is 2. The van der Waals surface area contributed by atoms with Crippen LogP contribution in [-0.2, 0) is 14.8 Å². The van der Waals surface area contributed by atoms with E-state index in [1.54, 1.807) is 37.3 Å². The Hall–Kier alpha value is -2.49. The molecule has 0 unspecified atom stereocenters. The van der Waals surface area contributed by atoms with Crippen LogP contribution in [-0.4, -0.2) is 37.3 Å². The van der Waals surface area contributed by atoms with Gasteiger partial charge < -0.3 is 0 Å². The summed E-state index contributed by atoms with van der Waals surface area (Å²) in [6.45, 7) is 3.30. The average Bonchev–Trinajstić information content (AvgIpc) is 3.10. The number of hydrogen-bond acceptors (Lipinski definition) is 6. The number of carbonyl (C=O) groups is 1. The summed E-state index contributed by atoms with van der Waals surface area (Å²) in [7, 11) is -3.66. The maximum atomic E-state index is 12.5. The molecule has 10 heteroatoms. The predicted octanol–water partition coefficient (Wildman–Crippen LogP) is 3.88. The van der Waals surface area contributed by atoms with Gasteiger partial charge in [-0.05, 0) is 43.2 Å². The van der Waals surface area contributed by atoms with Crippen molar-refractivity contribution in [2.24, 2.45) is 0 Å². The number of nitrogens with zero attached hydrogens (tertiary/aromatic N) is 3. The zero-order valence-corrected chi connectivity index (χ0v) is 18.4. The second-order valence-corrected chi connectivity index (χ2v) is 9.85. The van der Waals surface area contributed by atoms with Gasteiger partial charge >= 0.3 is 0 Å². The molecule has 29 heavy (non-hydrogen) atoms. The lowest BCUT2D eigenvalue weighted by atomic mass is 10.1. The third-order valence-electron chi connectivity index (χ3n) is 4.08. The third-order valence-corrected chi connectivity index (χ3v) is 6.35. The Morgan fingerprint density at radius 2 is 1.83 bits per heavy atom. The van der Waals surface area contributed by atoms with Gasteiger partial charge in [-0.2, -0.15) is 0 Å². The molecule has 1 N–H and O–H groups in total. The number of hydrogen-bond donors (Lipinski definition) is 1. The van der Waals surface area contributed by atoms with Gasteiger partial charge in [-0.15, -0.1) is 10.2 Å². The lowest BCUT2D eigenvalue weighted by molar-refractivity contribution is -0.114. The van der Waals surface area contributed by atoms with E-state index in [-0.39, 0.29) is 11.7 Å². The Labute approximate surface area is 178 Å². The fourth-order valence-electron chi connectivity index (χ4n) is 2.64. The summed E-state index contributed by atoms with van der Waals surface area (Å²) in [6.07, 6.45) is 1.08. The van der Waals surface area contributed by atoms with Crippen molar-refractivity contribution in [2.75, 3.05) is 22.4 Å². The molecule has 0 aliphatic carbocycles. The average molecular weight is 451 g/mol. The van der Waals surface area contributed by atoms with Crippen LogP contribution in [0.15, 0.2) is 42.5 Å². The molecule has 0 bridgehead atoms. The number of benzene rings is 2. The first-order valence-electron chi connectivity index (χ1n) is 8.58. The van der Waals surface area contributed by atoms with Crippen LogP contribution >= 0.6 is 22.9 Å². The Balaban J connectivity index is 1.78. The van der Waals surface area contributed by atoms with Gasteiger partial charge in [-0.3, -0.25) is 14.4 Å². The number of amides is 1. The standard InChI is InChI=1S/C19H19ClN4O3S2/c1-12-4-5-13(2)16(10-12)24(29(3,26)27)11-17(25)21-19-23-22-18(28-19)14-6-8-15(20)9-7-14/h4-10H,11H2,1-3H3,(H,21,23,25). The van der Waals surface area contributed by atoms with Crippen molar-refractivity contribution in [3.8, 4) is 10.6 Å². The second kappa shape index (κ2) is 8.48. The highest BCUT2D eigenvalue weighted by Gasteiger charge is 2.23. The number of sulfonamides is 1. The van der Waals surface area contributed by atoms with E-state index in [0.29, 0.717) is 15.7 Å². The lowest BCUT2D eigenvalue weighted by Crippen LogP contribution is -2.37. The minimum atomic E-state index is -3.66. The number of nitrogens with one attached hydrogen (secondary N) is 1. The Kier molecular flexibility index (Phi) is 6.21. The number of halogens is 1. The highest BCUT2D eigenvalue weighted by molar-refractivity contribution is 7.92. The zero-order valence-electron chi connectivity index (χ0n) is 16.0. The van der Waals surface area contributed by atoms with Crippen molar-refractivity contribution < 1.29 is 13.2 Å². The topological polar surface area (TPSA) is 92.3 Å². The molecule has 0 saturated carbocycles. The Morgan fingerprint density at radius 3 is 2.48 bits per heavy atom. The van der Waals surface area contributed by atoms with E-state index in [9.17, 15) is 13.2 Å². The van der Waals surface area contributed by atoms with E-state index >= 15 is 0 Å². The molecule has 1 amide bonds. The van der Waals surface area contributed by atoms with E-state index in [0.717, 1.165) is 27.3 Å². The maximum Gasteiger partial charge on any atom is 0.246 e. The summed E-state index contributed by atoms with van der Waals surface area (Å²) in [6, 6.07) is 12.5. The van der Waals surface area contributed by atoms with Gasteiger partial charge in [0.15, 0.2) is 0 Å². The summed E-state index contributed by atoms with van der Waals surface area (Å²) >= 11 is 7.08. The fraction of sp³-hybridized carbons (Fsp3) is 0.211. The van der Waals surface area contributed by atoms with E-state index in [1.165, 1.54) is 11.3 Å². The Bertz CT molecular complexity index is 1140. The summed E-state index contributed by atoms with van der Waals surface area (Å²) in [5.74, 6) is -0.505. The predicted molar refractivity (Wildman–Crippen MR) is 117 cm³/mol. The van der Waals surface area contributed by atoms with Crippen molar-refractivity contribution in [1.82, 2.24) is 10.2 Å². The van der Waals surface area contributed by atoms with Crippen LogP contribution in [0.3, 0.4) is 0 Å². The van der Waals surface area contributed by atoms with Crippen molar-refractivity contribution >= 4 is 49.7 Å². The summed E-state index contributed by atoms with van der Waals surface area (Å²) in [4.78, 5) is 12.5. The van der Waals surface area contributed by atoms with Crippen molar-refractivity contribution in [3.05, 3.63) is 58.6 Å². The minimum absolute atomic E-state index is 0.286. The van der Waals surface area contributed by atoms with E-state index in [2.05, 4.69) is 15.5 Å². The normalized spacial score (nSPS) is 11.3. The molecule has 0 saturated heterocycles. The molecular weight excluding hydrogens is 432 g/mol. The van der Waals surface area contributed by atoms with Gasteiger partial charge in [0, 0.05) is 10.6 Å². The van der Waals surface area contributed by atoms with Gasteiger partial charge in [0.1, 0.15) is 11.6 Å². The van der Waals surface area contributed by atoms with Crippen LogP contribution in [0.2, 0.25) is 5.02 Å². The van der Waals surface area contributed by atoms with Gasteiger partial charge in [0.2, 0.25) is 21.1 Å². The summed E-state index contributed by atoms with van der Waals surface area (Å²) < 4.78 is 25.7. The monoisotopic (exact) mass is 450 g/mol. The maximum absolute atomic E-state index is 12.5. The van der Waals surface area contributed by atoms with E-state index < -0.39 is 15.9 Å². The number of aryl methyl sites for hydroxylation is 2. The number of anilines is 2. The molecule has 7 nitrogen and oxygen atoms in total. The molecular formula is C19H19ClN4O3S2. The van der Waals surface area contributed by atoms with Crippen LogP contribution in [0.5, 0.6) is 0 Å². The van der Waals surface area contributed by atoms with Crippen molar-refractivity contribution in [3.63, 3.8) is 0 Å². The van der Waals surface area contributed by atoms with Crippen LogP contribution in [0, 0.1) is 13.8 Å². The first-order chi connectivity index (χ1) is 13.6. The first-order valence-corrected chi connectivity index (χ1v) is 11.6. The fourth-order valence-corrected chi connectivity index (χ4v) is 4.44. The summed E-state index contributed by atoms with van der Waals surface area (Å²) in [5, 5.41) is 12.2. The highest BCUT2D eigenvalue weighted by atomic mass is 35.5. The van der Waals surface area contributed by atoms with Crippen LogP contribution < -0.4 is 9.62 Å². The second-order valence-electron chi connectivity index (χ2n) is 6.53. The third kappa shape index (κ3) is 5.31. The van der Waals surface area contributed by atoms with Crippen LogP contribution in [0.4, 0.5) is 10.8 Å². The zero-order chi connectivity index (χ0) is 21.2. The quantitative estimate of drug-likeness (QED) is 0.615. The van der Waals surface area contributed by atoms with E-state index in [1.807, 2.05) is 19.1 Å². The van der Waals surface area contributed by atoms with Gasteiger partial charge in [-0.1, -0.05) is 47.2 Å². The molecule has 2 aromatic carbocycles. The van der Waals surface area contributed by atoms with Crippen LogP contribution in [0.1, 0.15) is 11.1 Å². The lowest BCUT2D eigenvalue weighted by Gasteiger charge is -2.23. The molecule has 1 heterocycles. The minimum Gasteiger partial charge on any atom is -0.299 e. The Morgan fingerprint density at radius 1 is 1.14 bits per heavy atom. The van der Waals surface area contributed by atoms with Crippen molar-refractivity contribution in [2.45, 2.75) is 13.8 Å². The molecule has 3 rings (SSSR count). The molecule has 3 aromatic rings. The van der Waals surface area contributed by atoms with Crippen molar-refractivity contribution in [1.29, 1.82) is 0 Å². The molecule has 0 aliphatic heterocycles. The molecule has 0 radical (unpaired) electrons. The molecule has 152 valence electrons. The first kappa shape index (κ1) is 21.2. The molecule has 0 spiro atoms. The smallest absolute Gasteiger partial charge is 0.246 e. The van der Waals surface area contributed by atoms with Gasteiger partial charge in [-0.25, -0.2) is 8.42 Å². The molecule has 0 atom stereocenters. The van der Waals surface area contributed by atoms with E-state index in [4.69, 9.17) is 11.6 Å². The molecule has 0 fully saturated rings. The SMILES string of the molecule is Cc1ccc(C)c(N(CC(=O)Nc2nnc(-c3ccc(Cl)cc3)s2)S(C)(=O)=O)c1. The molecule has 1 aromatic heterocycles. The molecule has 0 aliphatic rings. The largest absolute Gasteiger partial charge is 0.299 e. The number of carbonyl (C=O) groups excluding carboxylic acids is 1. The van der Waals surface area contributed by atoms with Gasteiger partial charge in [0.05, 0.1) is 11.9 Å². The number of rotatable bonds is 6. The van der Waals surface area contributed by atoms with Crippen LogP contribution in [0.25, 0.3) is 10.6 Å². The summed E-state index contributed by atoms with van der Waals surface area (Å²) in [5.41, 5.74) is 2.95. The highest BCUT2D eigenvalue weighted by Crippen LogP contribution is 2.28. The van der Waals surface area contributed by atoms with Gasteiger partial charge in [0.25, 0.3) is 0 Å².